The van der Waals surface area contributed by atoms with E-state index in [1.165, 1.54) is 6.07 Å². The molecule has 1 fully saturated rings. The van der Waals surface area contributed by atoms with Gasteiger partial charge in [0, 0.05) is 11.1 Å². The van der Waals surface area contributed by atoms with Crippen LogP contribution in [0.3, 0.4) is 0 Å². The number of halogens is 4. The minimum Gasteiger partial charge on any atom is -0.478 e. The van der Waals surface area contributed by atoms with Crippen molar-refractivity contribution in [3.05, 3.63) is 53.2 Å². The summed E-state index contributed by atoms with van der Waals surface area (Å²) < 4.78 is 43.9. The van der Waals surface area contributed by atoms with E-state index in [-0.39, 0.29) is 5.91 Å². The lowest BCUT2D eigenvalue weighted by Gasteiger charge is -2.36. The molecule has 156 valence electrons. The van der Waals surface area contributed by atoms with E-state index in [1.807, 2.05) is 4.90 Å². The maximum atomic E-state index is 12.9. The summed E-state index contributed by atoms with van der Waals surface area (Å²) >= 11 is 5.87. The van der Waals surface area contributed by atoms with Crippen molar-refractivity contribution in [2.75, 3.05) is 31.1 Å². The molecule has 0 spiro atoms. The van der Waals surface area contributed by atoms with Gasteiger partial charge < -0.3 is 9.64 Å². The molecular weight excluding hydrogens is 407 g/mol. The van der Waals surface area contributed by atoms with Crippen LogP contribution in [0.2, 0.25) is 5.02 Å². The number of alkyl halides is 3. The van der Waals surface area contributed by atoms with E-state index >= 15 is 0 Å². The summed E-state index contributed by atoms with van der Waals surface area (Å²) in [5.74, 6) is 0.982. The monoisotopic (exact) mass is 428 g/mol. The largest absolute Gasteiger partial charge is 0.478 e. The van der Waals surface area contributed by atoms with Crippen LogP contribution in [0.15, 0.2) is 42.6 Å². The Balaban J connectivity index is 1.59. The number of piperazine rings is 1. The Kier molecular flexibility index (Phi) is 5.93. The van der Waals surface area contributed by atoms with Crippen LogP contribution in [-0.4, -0.2) is 42.6 Å². The maximum Gasteiger partial charge on any atom is 0.419 e. The average Bonchev–Trinajstić information content (AvgIpc) is 2.68. The molecule has 9 heteroatoms. The number of amides is 1. The second-order valence-electron chi connectivity index (χ2n) is 7.31. The molecule has 3 rings (SSSR count). The molecule has 1 saturated heterocycles. The minimum atomic E-state index is -4.38. The van der Waals surface area contributed by atoms with Crippen LogP contribution in [0.5, 0.6) is 5.75 Å². The summed E-state index contributed by atoms with van der Waals surface area (Å²) in [5.41, 5.74) is -1.78. The van der Waals surface area contributed by atoms with E-state index in [4.69, 9.17) is 16.3 Å². The standard InChI is InChI=1S/C20H21ClF3N3O2/c1-19(2,29-16-6-4-15(21)5-7-16)18(28)27-11-9-26(10-12-27)17-8-3-14(13-25-17)20(22,23)24/h3-8,13H,9-12H2,1-2H3/p+1. The smallest absolute Gasteiger partial charge is 0.419 e. The first kappa shape index (κ1) is 21.2. The number of anilines is 1. The van der Waals surface area contributed by atoms with Gasteiger partial charge in [-0.25, -0.2) is 4.98 Å². The van der Waals surface area contributed by atoms with Crippen molar-refractivity contribution in [1.82, 2.24) is 4.90 Å². The van der Waals surface area contributed by atoms with Crippen LogP contribution in [0.25, 0.3) is 0 Å². The van der Waals surface area contributed by atoms with Gasteiger partial charge in [-0.2, -0.15) is 13.2 Å². The second-order valence-corrected chi connectivity index (χ2v) is 7.74. The normalized spacial score (nSPS) is 15.4. The third-order valence-corrected chi connectivity index (χ3v) is 4.98. The molecule has 29 heavy (non-hydrogen) atoms. The molecule has 1 aromatic heterocycles. The number of nitrogens with zero attached hydrogens (tertiary/aromatic N) is 2. The van der Waals surface area contributed by atoms with Gasteiger partial charge in [0.25, 0.3) is 11.7 Å². The summed E-state index contributed by atoms with van der Waals surface area (Å²) in [4.78, 5) is 19.2. The topological polar surface area (TPSA) is 46.9 Å². The van der Waals surface area contributed by atoms with E-state index < -0.39 is 17.3 Å². The first-order valence-electron chi connectivity index (χ1n) is 9.14. The zero-order valence-electron chi connectivity index (χ0n) is 16.1. The van der Waals surface area contributed by atoms with Crippen LogP contribution in [0.1, 0.15) is 19.4 Å². The lowest BCUT2D eigenvalue weighted by Crippen LogP contribution is -2.56. The SMILES string of the molecule is CC(C)(Oc1ccc(Cl)cc1)C(=O)N1CCN(c2ccc(C(F)(F)F)c[nH+]2)CC1. The fourth-order valence-corrected chi connectivity index (χ4v) is 3.29. The van der Waals surface area contributed by atoms with Crippen molar-refractivity contribution >= 4 is 23.3 Å². The molecule has 1 N–H and O–H groups in total. The predicted octanol–water partition coefficient (Wildman–Crippen LogP) is 3.68. The van der Waals surface area contributed by atoms with Gasteiger partial charge in [-0.1, -0.05) is 11.6 Å². The van der Waals surface area contributed by atoms with Crippen LogP contribution in [0.4, 0.5) is 19.0 Å². The Hall–Kier alpha value is -2.48. The molecule has 2 heterocycles. The molecule has 1 aromatic carbocycles. The Morgan fingerprint density at radius 1 is 1.03 bits per heavy atom. The Bertz CT molecular complexity index is 847. The van der Waals surface area contributed by atoms with Crippen LogP contribution < -0.4 is 14.6 Å². The molecule has 0 radical (unpaired) electrons. The lowest BCUT2D eigenvalue weighted by molar-refractivity contribution is -0.367. The number of rotatable bonds is 4. The Morgan fingerprint density at radius 3 is 2.17 bits per heavy atom. The van der Waals surface area contributed by atoms with Crippen LogP contribution >= 0.6 is 11.6 Å². The summed E-state index contributed by atoms with van der Waals surface area (Å²) in [6, 6.07) is 9.25. The highest BCUT2D eigenvalue weighted by molar-refractivity contribution is 6.30. The summed E-state index contributed by atoms with van der Waals surface area (Å²) in [6.45, 7) is 5.32. The fraction of sp³-hybridized carbons (Fsp3) is 0.400. The fourth-order valence-electron chi connectivity index (χ4n) is 3.16. The summed E-state index contributed by atoms with van der Waals surface area (Å²) in [6.07, 6.45) is -3.42. The highest BCUT2D eigenvalue weighted by Crippen LogP contribution is 2.28. The Labute approximate surface area is 172 Å². The van der Waals surface area contributed by atoms with Gasteiger partial charge in [0.15, 0.2) is 5.60 Å². The van der Waals surface area contributed by atoms with Gasteiger partial charge in [0.1, 0.15) is 25.0 Å². The number of hydrogen-bond donors (Lipinski definition) is 0. The molecule has 2 aromatic rings. The second kappa shape index (κ2) is 8.10. The summed E-state index contributed by atoms with van der Waals surface area (Å²) in [7, 11) is 0. The number of hydrogen-bond acceptors (Lipinski definition) is 3. The van der Waals surface area contributed by atoms with Crippen LogP contribution in [-0.2, 0) is 11.0 Å². The molecule has 0 aliphatic carbocycles. The molecule has 1 aliphatic rings. The maximum absolute atomic E-state index is 12.9. The quantitative estimate of drug-likeness (QED) is 0.746. The van der Waals surface area contributed by atoms with Crippen molar-refractivity contribution in [1.29, 1.82) is 0 Å². The first-order valence-corrected chi connectivity index (χ1v) is 9.52. The van der Waals surface area contributed by atoms with Crippen molar-refractivity contribution in [2.24, 2.45) is 0 Å². The van der Waals surface area contributed by atoms with Gasteiger partial charge in [0.2, 0.25) is 0 Å². The number of aromatic amines is 1. The molecule has 1 aliphatic heterocycles. The van der Waals surface area contributed by atoms with E-state index in [1.54, 1.807) is 43.0 Å². The van der Waals surface area contributed by atoms with E-state index in [0.717, 1.165) is 12.3 Å². The number of benzene rings is 1. The number of pyridine rings is 1. The van der Waals surface area contributed by atoms with Crippen molar-refractivity contribution in [3.63, 3.8) is 0 Å². The zero-order chi connectivity index (χ0) is 21.2. The van der Waals surface area contributed by atoms with Crippen molar-refractivity contribution in [2.45, 2.75) is 25.6 Å². The van der Waals surface area contributed by atoms with Gasteiger partial charge in [-0.3, -0.25) is 9.69 Å². The van der Waals surface area contributed by atoms with Gasteiger partial charge >= 0.3 is 6.18 Å². The number of H-pyrrole nitrogens is 1. The molecular formula is C20H22ClF3N3O2+. The Morgan fingerprint density at radius 2 is 1.66 bits per heavy atom. The number of carbonyl (C=O) groups excluding carboxylic acids is 1. The average molecular weight is 429 g/mol. The third-order valence-electron chi connectivity index (χ3n) is 4.73. The number of aromatic nitrogens is 1. The molecule has 5 nitrogen and oxygen atoms in total. The van der Waals surface area contributed by atoms with E-state index in [0.29, 0.717) is 42.8 Å². The zero-order valence-corrected chi connectivity index (χ0v) is 16.8. The summed E-state index contributed by atoms with van der Waals surface area (Å²) in [5, 5.41) is 0.581. The molecule has 0 saturated carbocycles. The van der Waals surface area contributed by atoms with Gasteiger partial charge in [0.05, 0.1) is 18.7 Å². The predicted molar refractivity (Wildman–Crippen MR) is 103 cm³/mol. The van der Waals surface area contributed by atoms with Crippen molar-refractivity contribution < 1.29 is 27.7 Å². The number of nitrogens with one attached hydrogen (secondary N) is 1. The first-order chi connectivity index (χ1) is 13.6. The molecule has 1 amide bonds. The van der Waals surface area contributed by atoms with Gasteiger partial charge in [-0.05, 0) is 44.2 Å². The van der Waals surface area contributed by atoms with Gasteiger partial charge in [-0.15, -0.1) is 0 Å². The van der Waals surface area contributed by atoms with Crippen LogP contribution in [0, 0.1) is 0 Å². The minimum absolute atomic E-state index is 0.150. The third kappa shape index (κ3) is 5.12. The highest BCUT2D eigenvalue weighted by atomic mass is 35.5. The number of ether oxygens (including phenoxy) is 1. The molecule has 0 atom stereocenters. The highest BCUT2D eigenvalue weighted by Gasteiger charge is 2.37. The molecule has 0 bridgehead atoms. The molecule has 0 unspecified atom stereocenters. The van der Waals surface area contributed by atoms with Crippen molar-refractivity contribution in [3.8, 4) is 5.75 Å². The van der Waals surface area contributed by atoms with E-state index in [2.05, 4.69) is 4.98 Å². The van der Waals surface area contributed by atoms with E-state index in [9.17, 15) is 18.0 Å². The number of carbonyl (C=O) groups is 1. The lowest BCUT2D eigenvalue weighted by atomic mass is 10.1.